The summed E-state index contributed by atoms with van der Waals surface area (Å²) < 4.78 is 0.791. The molecule has 1 heterocycles. The van der Waals surface area contributed by atoms with Crippen LogP contribution < -0.4 is 4.90 Å². The fourth-order valence-electron chi connectivity index (χ4n) is 0.965. The molecule has 0 saturated carbocycles. The highest BCUT2D eigenvalue weighted by molar-refractivity contribution is 9.10. The molecule has 0 bridgehead atoms. The number of aromatic nitrogens is 1. The molecule has 0 spiro atoms. The normalized spacial score (nSPS) is 9.69. The van der Waals surface area contributed by atoms with Crippen molar-refractivity contribution in [2.45, 2.75) is 0 Å². The van der Waals surface area contributed by atoms with Gasteiger partial charge in [-0.25, -0.2) is 0 Å². The molecule has 1 aromatic heterocycles. The molecule has 1 aromatic rings. The number of hydrogen-bond acceptors (Lipinski definition) is 3. The molecule has 0 aliphatic heterocycles. The fraction of sp³-hybridized carbons (Fsp3) is 0.250. The van der Waals surface area contributed by atoms with Gasteiger partial charge in [0.05, 0.1) is 10.2 Å². The van der Waals surface area contributed by atoms with Crippen LogP contribution in [0, 0.1) is 0 Å². The smallest absolute Gasteiger partial charge is 0.323 e. The van der Waals surface area contributed by atoms with Gasteiger partial charge in [0.2, 0.25) is 0 Å². The predicted molar refractivity (Wildman–Crippen MR) is 52.8 cm³/mol. The Kier molecular flexibility index (Phi) is 3.25. The molecule has 1 N–H and O–H groups in total. The summed E-state index contributed by atoms with van der Waals surface area (Å²) in [4.78, 5) is 15.9. The monoisotopic (exact) mass is 244 g/mol. The molecule has 0 fully saturated rings. The van der Waals surface area contributed by atoms with Crippen LogP contribution >= 0.6 is 15.9 Å². The van der Waals surface area contributed by atoms with Crippen molar-refractivity contribution in [2.75, 3.05) is 18.5 Å². The maximum Gasteiger partial charge on any atom is 0.323 e. The fourth-order valence-corrected chi connectivity index (χ4v) is 1.52. The van der Waals surface area contributed by atoms with E-state index >= 15 is 0 Å². The zero-order valence-electron chi connectivity index (χ0n) is 7.07. The minimum Gasteiger partial charge on any atom is -0.480 e. The van der Waals surface area contributed by atoms with Crippen molar-refractivity contribution < 1.29 is 9.90 Å². The van der Waals surface area contributed by atoms with Crippen LogP contribution in [-0.4, -0.2) is 29.7 Å². The summed E-state index contributed by atoms with van der Waals surface area (Å²) in [6.45, 7) is -0.0252. The van der Waals surface area contributed by atoms with Crippen LogP contribution in [0.4, 0.5) is 5.69 Å². The maximum atomic E-state index is 10.4. The summed E-state index contributed by atoms with van der Waals surface area (Å²) in [7, 11) is 1.72. The quantitative estimate of drug-likeness (QED) is 0.873. The van der Waals surface area contributed by atoms with E-state index in [0.717, 1.165) is 10.2 Å². The van der Waals surface area contributed by atoms with Crippen molar-refractivity contribution in [3.05, 3.63) is 22.9 Å². The van der Waals surface area contributed by atoms with Gasteiger partial charge in [-0.15, -0.1) is 0 Å². The minimum atomic E-state index is -0.855. The van der Waals surface area contributed by atoms with Crippen molar-refractivity contribution in [1.29, 1.82) is 0 Å². The van der Waals surface area contributed by atoms with E-state index in [-0.39, 0.29) is 6.54 Å². The van der Waals surface area contributed by atoms with Crippen molar-refractivity contribution in [3.63, 3.8) is 0 Å². The number of anilines is 1. The van der Waals surface area contributed by atoms with E-state index < -0.39 is 5.97 Å². The van der Waals surface area contributed by atoms with Gasteiger partial charge in [0.15, 0.2) is 0 Å². The molecular weight excluding hydrogens is 236 g/mol. The number of nitrogens with zero attached hydrogens (tertiary/aromatic N) is 2. The Labute approximate surface area is 84.3 Å². The molecule has 0 radical (unpaired) electrons. The van der Waals surface area contributed by atoms with Crippen LogP contribution in [-0.2, 0) is 4.79 Å². The summed E-state index contributed by atoms with van der Waals surface area (Å²) in [6.07, 6.45) is 3.26. The van der Waals surface area contributed by atoms with E-state index in [4.69, 9.17) is 5.11 Å². The van der Waals surface area contributed by atoms with Gasteiger partial charge in [0.25, 0.3) is 0 Å². The lowest BCUT2D eigenvalue weighted by Crippen LogP contribution is -2.25. The second kappa shape index (κ2) is 4.23. The molecule has 0 aromatic carbocycles. The Morgan fingerprint density at radius 2 is 2.46 bits per heavy atom. The topological polar surface area (TPSA) is 53.4 Å². The zero-order chi connectivity index (χ0) is 9.84. The molecule has 0 saturated heterocycles. The van der Waals surface area contributed by atoms with Crippen molar-refractivity contribution in [2.24, 2.45) is 0 Å². The lowest BCUT2D eigenvalue weighted by molar-refractivity contribution is -0.135. The number of hydrogen-bond donors (Lipinski definition) is 1. The second-order valence-electron chi connectivity index (χ2n) is 2.58. The number of carboxylic acids is 1. The summed E-state index contributed by atoms with van der Waals surface area (Å²) >= 11 is 3.29. The van der Waals surface area contributed by atoms with Crippen LogP contribution in [0.1, 0.15) is 0 Å². The highest BCUT2D eigenvalue weighted by Crippen LogP contribution is 2.22. The Hall–Kier alpha value is -1.10. The molecule has 0 aliphatic carbocycles. The average Bonchev–Trinajstić information content (AvgIpc) is 2.03. The van der Waals surface area contributed by atoms with Gasteiger partial charge < -0.3 is 10.0 Å². The van der Waals surface area contributed by atoms with E-state index in [1.54, 1.807) is 30.4 Å². The van der Waals surface area contributed by atoms with Crippen LogP contribution in [0.3, 0.4) is 0 Å². The first-order valence-electron chi connectivity index (χ1n) is 3.63. The molecular formula is C8H9BrN2O2. The molecule has 70 valence electrons. The Balaban J connectivity index is 2.82. The van der Waals surface area contributed by atoms with Crippen LogP contribution in [0.25, 0.3) is 0 Å². The molecule has 0 aliphatic rings. The van der Waals surface area contributed by atoms with Gasteiger partial charge in [-0.2, -0.15) is 0 Å². The lowest BCUT2D eigenvalue weighted by Gasteiger charge is -2.17. The van der Waals surface area contributed by atoms with Gasteiger partial charge in [0, 0.05) is 19.4 Å². The Morgan fingerprint density at radius 3 is 3.00 bits per heavy atom. The summed E-state index contributed by atoms with van der Waals surface area (Å²) in [5.74, 6) is -0.855. The number of halogens is 1. The third kappa shape index (κ3) is 2.69. The van der Waals surface area contributed by atoms with Gasteiger partial charge in [-0.3, -0.25) is 9.78 Å². The molecule has 1 rings (SSSR count). The summed E-state index contributed by atoms with van der Waals surface area (Å²) in [6, 6.07) is 1.76. The molecule has 0 unspecified atom stereocenters. The van der Waals surface area contributed by atoms with Gasteiger partial charge in [-0.05, 0) is 22.0 Å². The molecule has 4 nitrogen and oxygen atoms in total. The number of aliphatic carboxylic acids is 1. The first-order valence-corrected chi connectivity index (χ1v) is 4.43. The molecule has 5 heteroatoms. The zero-order valence-corrected chi connectivity index (χ0v) is 8.65. The van der Waals surface area contributed by atoms with E-state index in [0.29, 0.717) is 0 Å². The molecule has 13 heavy (non-hydrogen) atoms. The predicted octanol–water partition coefficient (Wildman–Crippen LogP) is 1.36. The van der Waals surface area contributed by atoms with E-state index in [2.05, 4.69) is 20.9 Å². The number of likely N-dealkylation sites (N-methyl/N-ethyl adjacent to an activating group) is 1. The van der Waals surface area contributed by atoms with E-state index in [1.165, 1.54) is 0 Å². The average molecular weight is 245 g/mol. The largest absolute Gasteiger partial charge is 0.480 e. The van der Waals surface area contributed by atoms with Crippen LogP contribution in [0.2, 0.25) is 0 Å². The highest BCUT2D eigenvalue weighted by Gasteiger charge is 2.07. The molecule has 0 atom stereocenters. The van der Waals surface area contributed by atoms with Gasteiger partial charge in [0.1, 0.15) is 6.54 Å². The van der Waals surface area contributed by atoms with Gasteiger partial charge in [-0.1, -0.05) is 0 Å². The summed E-state index contributed by atoms with van der Waals surface area (Å²) in [5, 5.41) is 8.56. The number of carboxylic acid groups (broad SMARTS) is 1. The van der Waals surface area contributed by atoms with Crippen molar-refractivity contribution in [3.8, 4) is 0 Å². The van der Waals surface area contributed by atoms with Crippen molar-refractivity contribution in [1.82, 2.24) is 4.98 Å². The van der Waals surface area contributed by atoms with Gasteiger partial charge >= 0.3 is 5.97 Å². The number of pyridine rings is 1. The third-order valence-corrected chi connectivity index (χ3v) is 2.15. The van der Waals surface area contributed by atoms with E-state index in [1.807, 2.05) is 0 Å². The SMILES string of the molecule is CN(CC(=O)O)c1ccncc1Br. The standard InChI is InChI=1S/C8H9BrN2O2/c1-11(5-8(12)13)7-2-3-10-4-6(7)9/h2-4H,5H2,1H3,(H,12,13). The second-order valence-corrected chi connectivity index (χ2v) is 3.43. The first-order chi connectivity index (χ1) is 6.11. The Morgan fingerprint density at radius 1 is 1.77 bits per heavy atom. The van der Waals surface area contributed by atoms with Crippen molar-refractivity contribution >= 4 is 27.6 Å². The lowest BCUT2D eigenvalue weighted by atomic mass is 10.3. The number of carbonyl (C=O) groups is 1. The first kappa shape index (κ1) is 9.98. The third-order valence-electron chi connectivity index (χ3n) is 1.53. The van der Waals surface area contributed by atoms with Crippen LogP contribution in [0.5, 0.6) is 0 Å². The number of rotatable bonds is 3. The Bertz CT molecular complexity index is 317. The van der Waals surface area contributed by atoms with E-state index in [9.17, 15) is 4.79 Å². The maximum absolute atomic E-state index is 10.4. The minimum absolute atomic E-state index is 0.0252. The molecule has 0 amide bonds. The highest BCUT2D eigenvalue weighted by atomic mass is 79.9. The summed E-state index contributed by atoms with van der Waals surface area (Å²) in [5.41, 5.74) is 0.817. The van der Waals surface area contributed by atoms with Crippen LogP contribution in [0.15, 0.2) is 22.9 Å².